The molecule has 0 aliphatic rings. The molecule has 38 valence electrons. The molecule has 0 fully saturated rings. The molecule has 0 unspecified atom stereocenters. The van der Waals surface area contributed by atoms with E-state index in [2.05, 4.69) is 0 Å². The number of nitriles is 1. The summed E-state index contributed by atoms with van der Waals surface area (Å²) >= 11 is 0. The van der Waals surface area contributed by atoms with Crippen LogP contribution in [0.2, 0.25) is 0 Å². The molecule has 0 aromatic carbocycles. The second-order valence-corrected chi connectivity index (χ2v) is 1.60. The lowest BCUT2D eigenvalue weighted by Crippen LogP contribution is -1.59. The maximum Gasteiger partial charge on any atom is 0.162 e. The van der Waals surface area contributed by atoms with Gasteiger partial charge in [-0.1, -0.05) is 0 Å². The van der Waals surface area contributed by atoms with Crippen LogP contribution in [-0.4, -0.2) is 8.42 Å². The molecule has 0 N–H and O–H groups in total. The van der Waals surface area contributed by atoms with Gasteiger partial charge in [-0.05, 0) is 0 Å². The van der Waals surface area contributed by atoms with Crippen molar-refractivity contribution >= 4 is 10.7 Å². The van der Waals surface area contributed by atoms with Gasteiger partial charge in [0.2, 0.25) is 0 Å². The standard InChI is InChI=1S/C3H3NO2S/c4-2-1-3-7(5)6/h1,3,7H. The number of rotatable bonds is 1. The predicted octanol–water partition coefficient (Wildman–Crippen LogP) is -0.365. The molecule has 0 aromatic rings. The summed E-state index contributed by atoms with van der Waals surface area (Å²) in [6.45, 7) is 0. The minimum Gasteiger partial charge on any atom is -0.227 e. The van der Waals surface area contributed by atoms with Crippen LogP contribution in [0.3, 0.4) is 0 Å². The third-order valence-corrected chi connectivity index (χ3v) is 0.663. The van der Waals surface area contributed by atoms with Crippen LogP contribution in [0.25, 0.3) is 0 Å². The average molecular weight is 117 g/mol. The van der Waals surface area contributed by atoms with E-state index in [1.807, 2.05) is 0 Å². The second kappa shape index (κ2) is 3.37. The molecule has 0 aliphatic heterocycles. The highest BCUT2D eigenvalue weighted by Gasteiger charge is 1.65. The molecule has 4 heteroatoms. The third-order valence-electron chi connectivity index (χ3n) is 0.271. The van der Waals surface area contributed by atoms with Crippen LogP contribution in [0.1, 0.15) is 0 Å². The Morgan fingerprint density at radius 1 is 1.57 bits per heavy atom. The lowest BCUT2D eigenvalue weighted by atomic mass is 10.7. The largest absolute Gasteiger partial charge is 0.227 e. The van der Waals surface area contributed by atoms with E-state index < -0.39 is 10.7 Å². The van der Waals surface area contributed by atoms with Gasteiger partial charge in [-0.25, -0.2) is 8.42 Å². The Morgan fingerprint density at radius 2 is 2.14 bits per heavy atom. The highest BCUT2D eigenvalue weighted by Crippen LogP contribution is 1.65. The number of thiol groups is 1. The number of hydrogen-bond acceptors (Lipinski definition) is 3. The number of nitrogens with zero attached hydrogens (tertiary/aromatic N) is 1. The quantitative estimate of drug-likeness (QED) is 0.376. The Balaban J connectivity index is 3.77. The Labute approximate surface area is 42.8 Å². The minimum atomic E-state index is -2.51. The zero-order valence-corrected chi connectivity index (χ0v) is 4.26. The molecule has 0 saturated carbocycles. The van der Waals surface area contributed by atoms with E-state index in [0.29, 0.717) is 0 Å². The highest BCUT2D eigenvalue weighted by atomic mass is 32.2. The van der Waals surface area contributed by atoms with Gasteiger partial charge in [0, 0.05) is 11.5 Å². The van der Waals surface area contributed by atoms with Crippen molar-refractivity contribution in [2.45, 2.75) is 0 Å². The zero-order chi connectivity index (χ0) is 5.70. The van der Waals surface area contributed by atoms with Crippen LogP contribution in [0.4, 0.5) is 0 Å². The topological polar surface area (TPSA) is 57.9 Å². The second-order valence-electron chi connectivity index (χ2n) is 0.730. The Hall–Kier alpha value is -0.820. The molecule has 0 heterocycles. The van der Waals surface area contributed by atoms with Crippen LogP contribution in [0, 0.1) is 11.3 Å². The molecule has 0 amide bonds. The summed E-state index contributed by atoms with van der Waals surface area (Å²) in [7, 11) is -2.51. The molecule has 0 bridgehead atoms. The summed E-state index contributed by atoms with van der Waals surface area (Å²) in [5, 5.41) is 8.53. The average Bonchev–Trinajstić information content (AvgIpc) is 1.61. The Kier molecular flexibility index (Phi) is 2.98. The van der Waals surface area contributed by atoms with Gasteiger partial charge in [-0.15, -0.1) is 0 Å². The van der Waals surface area contributed by atoms with Gasteiger partial charge in [0.05, 0.1) is 6.07 Å². The van der Waals surface area contributed by atoms with Gasteiger partial charge in [-0.2, -0.15) is 5.26 Å². The van der Waals surface area contributed by atoms with E-state index in [1.54, 1.807) is 0 Å². The zero-order valence-electron chi connectivity index (χ0n) is 3.37. The van der Waals surface area contributed by atoms with Crippen molar-refractivity contribution in [3.63, 3.8) is 0 Å². The summed E-state index contributed by atoms with van der Waals surface area (Å²) in [4.78, 5) is 0. The third kappa shape index (κ3) is 5.18. The fourth-order valence-corrected chi connectivity index (χ4v) is 0.283. The van der Waals surface area contributed by atoms with Crippen LogP contribution >= 0.6 is 0 Å². The van der Waals surface area contributed by atoms with Crippen LogP contribution < -0.4 is 0 Å². The van der Waals surface area contributed by atoms with Crippen molar-refractivity contribution in [2.24, 2.45) is 0 Å². The van der Waals surface area contributed by atoms with E-state index in [-0.39, 0.29) is 0 Å². The number of hydrogen-bond donors (Lipinski definition) is 1. The molecule has 3 nitrogen and oxygen atoms in total. The maximum absolute atomic E-state index is 9.56. The van der Waals surface area contributed by atoms with Gasteiger partial charge >= 0.3 is 0 Å². The first kappa shape index (κ1) is 6.18. The van der Waals surface area contributed by atoms with Gasteiger partial charge in [0.25, 0.3) is 0 Å². The summed E-state index contributed by atoms with van der Waals surface area (Å²) < 4.78 is 19.1. The summed E-state index contributed by atoms with van der Waals surface area (Å²) in [5.41, 5.74) is 0. The Morgan fingerprint density at radius 3 is 2.29 bits per heavy atom. The van der Waals surface area contributed by atoms with E-state index in [4.69, 9.17) is 5.26 Å². The fraction of sp³-hybridized carbons (Fsp3) is 0. The summed E-state index contributed by atoms with van der Waals surface area (Å²) in [6.07, 6.45) is 0.908. The van der Waals surface area contributed by atoms with Crippen molar-refractivity contribution in [3.05, 3.63) is 11.5 Å². The van der Waals surface area contributed by atoms with E-state index in [9.17, 15) is 8.42 Å². The molecule has 0 aromatic heterocycles. The van der Waals surface area contributed by atoms with Crippen molar-refractivity contribution in [1.29, 1.82) is 5.26 Å². The van der Waals surface area contributed by atoms with Gasteiger partial charge in [0.1, 0.15) is 0 Å². The van der Waals surface area contributed by atoms with Crippen LogP contribution in [0.5, 0.6) is 0 Å². The van der Waals surface area contributed by atoms with Gasteiger partial charge in [-0.3, -0.25) is 0 Å². The molecular weight excluding hydrogens is 114 g/mol. The molecule has 0 spiro atoms. The van der Waals surface area contributed by atoms with Crippen LogP contribution in [-0.2, 0) is 10.7 Å². The lowest BCUT2D eigenvalue weighted by molar-refractivity contribution is 0.622. The van der Waals surface area contributed by atoms with Gasteiger partial charge < -0.3 is 0 Å². The SMILES string of the molecule is N#CC=C[SH](=O)=O. The van der Waals surface area contributed by atoms with Crippen LogP contribution in [0.15, 0.2) is 11.5 Å². The first-order valence-corrected chi connectivity index (χ1v) is 2.72. The number of allylic oxidation sites excluding steroid dienone is 1. The highest BCUT2D eigenvalue weighted by molar-refractivity contribution is 7.75. The van der Waals surface area contributed by atoms with Crippen molar-refractivity contribution in [3.8, 4) is 6.07 Å². The first-order valence-electron chi connectivity index (χ1n) is 1.47. The van der Waals surface area contributed by atoms with E-state index >= 15 is 0 Å². The van der Waals surface area contributed by atoms with E-state index in [0.717, 1.165) is 11.5 Å². The smallest absolute Gasteiger partial charge is 0.162 e. The van der Waals surface area contributed by atoms with E-state index in [1.165, 1.54) is 6.07 Å². The first-order chi connectivity index (χ1) is 3.27. The summed E-state index contributed by atoms with van der Waals surface area (Å²) in [6, 6.07) is 1.53. The predicted molar refractivity (Wildman–Crippen MR) is 25.1 cm³/mol. The molecule has 0 saturated heterocycles. The lowest BCUT2D eigenvalue weighted by Gasteiger charge is -1.56. The molecular formula is C3H3NO2S. The monoisotopic (exact) mass is 117 g/mol. The molecule has 0 aliphatic carbocycles. The van der Waals surface area contributed by atoms with Crippen molar-refractivity contribution in [2.75, 3.05) is 0 Å². The van der Waals surface area contributed by atoms with Gasteiger partial charge in [0.15, 0.2) is 10.7 Å². The Bertz CT molecular complexity index is 166. The fourth-order valence-electron chi connectivity index (χ4n) is 0.0942. The molecule has 0 rings (SSSR count). The molecule has 0 atom stereocenters. The minimum absolute atomic E-state index is 0.815. The molecule has 0 radical (unpaired) electrons. The molecule has 7 heavy (non-hydrogen) atoms. The maximum atomic E-state index is 9.56. The summed E-state index contributed by atoms with van der Waals surface area (Å²) in [5.74, 6) is 0. The van der Waals surface area contributed by atoms with Crippen molar-refractivity contribution in [1.82, 2.24) is 0 Å². The normalized spacial score (nSPS) is 9.71. The van der Waals surface area contributed by atoms with Crippen molar-refractivity contribution < 1.29 is 8.42 Å².